The Kier molecular flexibility index (Phi) is 4.40. The van der Waals surface area contributed by atoms with E-state index in [0.29, 0.717) is 18.2 Å². The molecule has 0 spiro atoms. The van der Waals surface area contributed by atoms with Crippen LogP contribution in [0.1, 0.15) is 16.9 Å². The van der Waals surface area contributed by atoms with E-state index in [2.05, 4.69) is 4.98 Å². The first-order chi connectivity index (χ1) is 10.7. The van der Waals surface area contributed by atoms with Crippen molar-refractivity contribution in [1.82, 2.24) is 9.88 Å². The SMILES string of the molecule is COc1ccccc1-c1nc(C(=O)N2CC[C@@H](CN)C2)cs1. The molecule has 1 saturated heterocycles. The lowest BCUT2D eigenvalue weighted by molar-refractivity contribution is 0.0782. The summed E-state index contributed by atoms with van der Waals surface area (Å²) in [6.07, 6.45) is 0.978. The molecule has 3 rings (SSSR count). The average molecular weight is 317 g/mol. The Hall–Kier alpha value is -1.92. The van der Waals surface area contributed by atoms with Gasteiger partial charge in [0.25, 0.3) is 5.91 Å². The van der Waals surface area contributed by atoms with Crippen LogP contribution >= 0.6 is 11.3 Å². The van der Waals surface area contributed by atoms with Crippen molar-refractivity contribution < 1.29 is 9.53 Å². The molecule has 0 unspecified atom stereocenters. The number of likely N-dealkylation sites (tertiary alicyclic amines) is 1. The Morgan fingerprint density at radius 3 is 3.05 bits per heavy atom. The van der Waals surface area contributed by atoms with E-state index in [-0.39, 0.29) is 5.91 Å². The predicted octanol–water partition coefficient (Wildman–Crippen LogP) is 2.24. The van der Waals surface area contributed by atoms with Gasteiger partial charge in [-0.05, 0) is 31.0 Å². The van der Waals surface area contributed by atoms with E-state index in [0.717, 1.165) is 35.8 Å². The second kappa shape index (κ2) is 6.46. The summed E-state index contributed by atoms with van der Waals surface area (Å²) in [6.45, 7) is 2.13. The van der Waals surface area contributed by atoms with E-state index < -0.39 is 0 Å². The van der Waals surface area contributed by atoms with E-state index in [4.69, 9.17) is 10.5 Å². The Balaban J connectivity index is 1.80. The molecule has 0 saturated carbocycles. The van der Waals surface area contributed by atoms with Gasteiger partial charge in [0.1, 0.15) is 16.5 Å². The number of hydrogen-bond acceptors (Lipinski definition) is 5. The van der Waals surface area contributed by atoms with Crippen LogP contribution in [0.25, 0.3) is 10.6 Å². The number of benzene rings is 1. The lowest BCUT2D eigenvalue weighted by atomic mass is 10.1. The molecule has 1 aromatic heterocycles. The van der Waals surface area contributed by atoms with Crippen LogP contribution in [0.3, 0.4) is 0 Å². The van der Waals surface area contributed by atoms with E-state index >= 15 is 0 Å². The van der Waals surface area contributed by atoms with Gasteiger partial charge >= 0.3 is 0 Å². The van der Waals surface area contributed by atoms with Crippen molar-refractivity contribution >= 4 is 17.2 Å². The Morgan fingerprint density at radius 2 is 2.32 bits per heavy atom. The van der Waals surface area contributed by atoms with E-state index in [1.807, 2.05) is 34.5 Å². The third-order valence-electron chi connectivity index (χ3n) is 3.97. The molecule has 1 aromatic carbocycles. The highest BCUT2D eigenvalue weighted by Crippen LogP contribution is 2.32. The molecule has 0 bridgehead atoms. The van der Waals surface area contributed by atoms with Crippen molar-refractivity contribution in [3.05, 3.63) is 35.3 Å². The molecule has 5 nitrogen and oxygen atoms in total. The number of carbonyl (C=O) groups excluding carboxylic acids is 1. The Morgan fingerprint density at radius 1 is 1.50 bits per heavy atom. The second-order valence-corrected chi connectivity index (χ2v) is 6.24. The molecule has 1 aliphatic rings. The van der Waals surface area contributed by atoms with Crippen molar-refractivity contribution in [1.29, 1.82) is 0 Å². The van der Waals surface area contributed by atoms with Crippen molar-refractivity contribution in [2.24, 2.45) is 11.7 Å². The first-order valence-electron chi connectivity index (χ1n) is 7.31. The smallest absolute Gasteiger partial charge is 0.273 e. The largest absolute Gasteiger partial charge is 0.496 e. The molecule has 2 N–H and O–H groups in total. The number of rotatable bonds is 4. The number of amides is 1. The molecular formula is C16H19N3O2S. The lowest BCUT2D eigenvalue weighted by Gasteiger charge is -2.14. The van der Waals surface area contributed by atoms with Gasteiger partial charge in [-0.1, -0.05) is 12.1 Å². The lowest BCUT2D eigenvalue weighted by Crippen LogP contribution is -2.30. The Bertz CT molecular complexity index is 671. The molecule has 1 fully saturated rings. The maximum Gasteiger partial charge on any atom is 0.273 e. The van der Waals surface area contributed by atoms with Gasteiger partial charge in [-0.2, -0.15) is 0 Å². The van der Waals surface area contributed by atoms with Crippen LogP contribution in [0.2, 0.25) is 0 Å². The zero-order chi connectivity index (χ0) is 15.5. The third-order valence-corrected chi connectivity index (χ3v) is 4.84. The summed E-state index contributed by atoms with van der Waals surface area (Å²) in [6, 6.07) is 7.70. The first kappa shape index (κ1) is 15.0. The number of methoxy groups -OCH3 is 1. The number of thiazole rings is 1. The summed E-state index contributed by atoms with van der Waals surface area (Å²) in [5.41, 5.74) is 7.10. The van der Waals surface area contributed by atoms with Gasteiger partial charge in [0.05, 0.1) is 12.7 Å². The standard InChI is InChI=1S/C16H19N3O2S/c1-21-14-5-3-2-4-12(14)15-18-13(10-22-15)16(20)19-7-6-11(8-17)9-19/h2-5,10-11H,6-9,17H2,1H3/t11-/m0/s1. The van der Waals surface area contributed by atoms with Crippen LogP contribution in [0.15, 0.2) is 29.6 Å². The molecule has 0 aliphatic carbocycles. The maximum atomic E-state index is 12.5. The molecule has 1 atom stereocenters. The van der Waals surface area contributed by atoms with Crippen LogP contribution in [0.5, 0.6) is 5.75 Å². The van der Waals surface area contributed by atoms with Gasteiger partial charge in [0.15, 0.2) is 0 Å². The number of aromatic nitrogens is 1. The van der Waals surface area contributed by atoms with Crippen molar-refractivity contribution in [3.63, 3.8) is 0 Å². The molecule has 6 heteroatoms. The minimum absolute atomic E-state index is 0.00616. The number of ether oxygens (including phenoxy) is 1. The van der Waals surface area contributed by atoms with Crippen LogP contribution in [-0.4, -0.2) is 42.5 Å². The van der Waals surface area contributed by atoms with E-state index in [1.165, 1.54) is 11.3 Å². The van der Waals surface area contributed by atoms with Gasteiger partial charge in [0, 0.05) is 18.5 Å². The summed E-state index contributed by atoms with van der Waals surface area (Å²) in [4.78, 5) is 18.9. The van der Waals surface area contributed by atoms with E-state index in [1.54, 1.807) is 7.11 Å². The minimum Gasteiger partial charge on any atom is -0.496 e. The third kappa shape index (κ3) is 2.84. The molecule has 1 amide bonds. The van der Waals surface area contributed by atoms with Gasteiger partial charge in [-0.15, -0.1) is 11.3 Å². The predicted molar refractivity (Wildman–Crippen MR) is 87.2 cm³/mol. The fourth-order valence-electron chi connectivity index (χ4n) is 2.69. The highest BCUT2D eigenvalue weighted by Gasteiger charge is 2.27. The summed E-state index contributed by atoms with van der Waals surface area (Å²) in [5.74, 6) is 1.17. The van der Waals surface area contributed by atoms with Crippen molar-refractivity contribution in [2.45, 2.75) is 6.42 Å². The second-order valence-electron chi connectivity index (χ2n) is 5.38. The van der Waals surface area contributed by atoms with Gasteiger partial charge in [-0.3, -0.25) is 4.79 Å². The minimum atomic E-state index is -0.00616. The van der Waals surface area contributed by atoms with Gasteiger partial charge < -0.3 is 15.4 Å². The fourth-order valence-corrected chi connectivity index (χ4v) is 3.51. The van der Waals surface area contributed by atoms with Crippen LogP contribution in [0.4, 0.5) is 0 Å². The van der Waals surface area contributed by atoms with Crippen LogP contribution in [0, 0.1) is 5.92 Å². The monoisotopic (exact) mass is 317 g/mol. The summed E-state index contributed by atoms with van der Waals surface area (Å²) >= 11 is 1.46. The zero-order valence-corrected chi connectivity index (χ0v) is 13.3. The first-order valence-corrected chi connectivity index (χ1v) is 8.19. The van der Waals surface area contributed by atoms with Crippen molar-refractivity contribution in [2.75, 3.05) is 26.7 Å². The molecule has 0 radical (unpaired) electrons. The molecule has 22 heavy (non-hydrogen) atoms. The Labute approximate surface area is 133 Å². The van der Waals surface area contributed by atoms with Crippen LogP contribution in [-0.2, 0) is 0 Å². The van der Waals surface area contributed by atoms with Crippen LogP contribution < -0.4 is 10.5 Å². The molecule has 2 heterocycles. The summed E-state index contributed by atoms with van der Waals surface area (Å²) in [5, 5.41) is 2.62. The quantitative estimate of drug-likeness (QED) is 0.939. The number of nitrogens with two attached hydrogens (primary N) is 1. The normalized spacial score (nSPS) is 17.7. The van der Waals surface area contributed by atoms with Crippen molar-refractivity contribution in [3.8, 4) is 16.3 Å². The van der Waals surface area contributed by atoms with Gasteiger partial charge in [-0.25, -0.2) is 4.98 Å². The summed E-state index contributed by atoms with van der Waals surface area (Å²) < 4.78 is 5.36. The average Bonchev–Trinajstić information content (AvgIpc) is 3.23. The topological polar surface area (TPSA) is 68.5 Å². The molecule has 2 aromatic rings. The molecule has 1 aliphatic heterocycles. The van der Waals surface area contributed by atoms with E-state index in [9.17, 15) is 4.79 Å². The number of nitrogens with zero attached hydrogens (tertiary/aromatic N) is 2. The number of hydrogen-bond donors (Lipinski definition) is 1. The summed E-state index contributed by atoms with van der Waals surface area (Å²) in [7, 11) is 1.63. The highest BCUT2D eigenvalue weighted by atomic mass is 32.1. The highest BCUT2D eigenvalue weighted by molar-refractivity contribution is 7.13. The molecular weight excluding hydrogens is 298 g/mol. The number of para-hydroxylation sites is 1. The number of carbonyl (C=O) groups is 1. The zero-order valence-electron chi connectivity index (χ0n) is 12.5. The molecule has 116 valence electrons. The maximum absolute atomic E-state index is 12.5. The van der Waals surface area contributed by atoms with Gasteiger partial charge in [0.2, 0.25) is 0 Å². The fraction of sp³-hybridized carbons (Fsp3) is 0.375.